The minimum atomic E-state index is 0.227. The molecule has 2 aromatic rings. The molecule has 0 aliphatic heterocycles. The summed E-state index contributed by atoms with van der Waals surface area (Å²) in [5.74, 6) is 0.782. The summed E-state index contributed by atoms with van der Waals surface area (Å²) in [6.07, 6.45) is 0. The van der Waals surface area contributed by atoms with Gasteiger partial charge in [-0.15, -0.1) is 0 Å². The van der Waals surface area contributed by atoms with Crippen LogP contribution in [0.5, 0.6) is 5.75 Å². The number of phenolic OH excluding ortho intramolecular Hbond substituents is 1. The average molecular weight is 331 g/mol. The molecule has 0 saturated carbocycles. The molecule has 2 N–H and O–H groups in total. The number of hydrogen-bond acceptors (Lipinski definition) is 4. The van der Waals surface area contributed by atoms with Crippen molar-refractivity contribution in [1.82, 2.24) is 5.32 Å². The zero-order chi connectivity index (χ0) is 16.8. The smallest absolute Gasteiger partial charge is 0.122 e. The molecule has 0 amide bonds. The molecule has 2 rings (SSSR count). The highest BCUT2D eigenvalue weighted by molar-refractivity contribution is 6.31. The highest BCUT2D eigenvalue weighted by atomic mass is 35.5. The van der Waals surface area contributed by atoms with Gasteiger partial charge < -0.3 is 10.4 Å². The Morgan fingerprint density at radius 3 is 2.74 bits per heavy atom. The van der Waals surface area contributed by atoms with Gasteiger partial charge in [0, 0.05) is 11.6 Å². The number of aryl methyl sites for hydroxylation is 1. The summed E-state index contributed by atoms with van der Waals surface area (Å²) in [6.45, 7) is 6.43. The lowest BCUT2D eigenvalue weighted by molar-refractivity contribution is 0.474. The van der Waals surface area contributed by atoms with Crippen molar-refractivity contribution in [3.8, 4) is 5.75 Å². The topological polar surface area (TPSA) is 60.2 Å². The lowest BCUT2D eigenvalue weighted by atomic mass is 10.2. The van der Waals surface area contributed by atoms with Crippen molar-refractivity contribution < 1.29 is 5.11 Å². The number of nitrogens with zero attached hydrogens (tertiary/aromatic N) is 3. The Balaban J connectivity index is 2.13. The molecule has 0 fully saturated rings. The maximum absolute atomic E-state index is 9.50. The largest absolute Gasteiger partial charge is 0.508 e. The molecular formula is C17H19ClN4O. The van der Waals surface area contributed by atoms with Crippen LogP contribution in [0.4, 0.5) is 5.69 Å². The van der Waals surface area contributed by atoms with Crippen LogP contribution in [0.3, 0.4) is 0 Å². The minimum absolute atomic E-state index is 0.227. The van der Waals surface area contributed by atoms with Crippen molar-refractivity contribution in [2.75, 3.05) is 12.1 Å². The van der Waals surface area contributed by atoms with E-state index in [0.29, 0.717) is 17.4 Å². The van der Waals surface area contributed by atoms with E-state index in [1.165, 1.54) is 0 Å². The van der Waals surface area contributed by atoms with E-state index in [0.717, 1.165) is 16.8 Å². The number of rotatable bonds is 6. The SMILES string of the molecule is C=C(NCc1cccc(O)c1)N(N=NC)c1ccc(C)c(Cl)c1. The van der Waals surface area contributed by atoms with Gasteiger partial charge in [-0.2, -0.15) is 5.11 Å². The first-order chi connectivity index (χ1) is 11.0. The number of hydrogen-bond donors (Lipinski definition) is 2. The van der Waals surface area contributed by atoms with Crippen LogP contribution in [0.15, 0.2) is 65.2 Å². The standard InChI is InChI=1S/C17H19ClN4O/c1-12-7-8-15(10-17(12)18)22(21-19-3)13(2)20-11-14-5-4-6-16(23)9-14/h4-10,20,23H,2,11H2,1,3H3. The highest BCUT2D eigenvalue weighted by Gasteiger charge is 2.11. The van der Waals surface area contributed by atoms with Gasteiger partial charge in [0.2, 0.25) is 0 Å². The van der Waals surface area contributed by atoms with Gasteiger partial charge in [-0.3, -0.25) is 0 Å². The Bertz CT molecular complexity index is 730. The fourth-order valence-corrected chi connectivity index (χ4v) is 2.18. The molecule has 0 heterocycles. The molecule has 0 unspecified atom stereocenters. The van der Waals surface area contributed by atoms with Gasteiger partial charge in [0.15, 0.2) is 0 Å². The molecule has 0 aliphatic rings. The van der Waals surface area contributed by atoms with Crippen molar-refractivity contribution >= 4 is 17.3 Å². The third kappa shape index (κ3) is 4.47. The molecule has 0 aliphatic carbocycles. The van der Waals surface area contributed by atoms with E-state index >= 15 is 0 Å². The Morgan fingerprint density at radius 2 is 2.09 bits per heavy atom. The molecule has 0 aromatic heterocycles. The number of anilines is 1. The zero-order valence-electron chi connectivity index (χ0n) is 13.1. The first-order valence-corrected chi connectivity index (χ1v) is 7.46. The van der Waals surface area contributed by atoms with E-state index in [1.54, 1.807) is 30.3 Å². The van der Waals surface area contributed by atoms with Crippen molar-refractivity contribution in [1.29, 1.82) is 0 Å². The molecule has 0 spiro atoms. The maximum atomic E-state index is 9.50. The fourth-order valence-electron chi connectivity index (χ4n) is 2.01. The van der Waals surface area contributed by atoms with Crippen molar-refractivity contribution in [2.45, 2.75) is 13.5 Å². The monoisotopic (exact) mass is 330 g/mol. The molecular weight excluding hydrogens is 312 g/mol. The molecule has 2 aromatic carbocycles. The van der Waals surface area contributed by atoms with E-state index in [4.69, 9.17) is 11.6 Å². The quantitative estimate of drug-likeness (QED) is 0.609. The Kier molecular flexibility index (Phi) is 5.60. The molecule has 0 saturated heterocycles. The third-order valence-corrected chi connectivity index (χ3v) is 3.65. The summed E-state index contributed by atoms with van der Waals surface area (Å²) >= 11 is 6.18. The van der Waals surface area contributed by atoms with Crippen LogP contribution in [0, 0.1) is 6.92 Å². The maximum Gasteiger partial charge on any atom is 0.122 e. The highest BCUT2D eigenvalue weighted by Crippen LogP contribution is 2.25. The molecule has 0 bridgehead atoms. The summed E-state index contributed by atoms with van der Waals surface area (Å²) in [6, 6.07) is 12.6. The van der Waals surface area contributed by atoms with Crippen LogP contribution in [-0.4, -0.2) is 12.2 Å². The minimum Gasteiger partial charge on any atom is -0.508 e. The number of phenols is 1. The van der Waals surface area contributed by atoms with Crippen LogP contribution in [0.1, 0.15) is 11.1 Å². The number of nitrogens with one attached hydrogen (secondary N) is 1. The van der Waals surface area contributed by atoms with Crippen molar-refractivity contribution in [2.24, 2.45) is 10.3 Å². The summed E-state index contributed by atoms with van der Waals surface area (Å²) in [4.78, 5) is 0. The Labute approximate surface area is 140 Å². The Hall–Kier alpha value is -2.53. The zero-order valence-corrected chi connectivity index (χ0v) is 13.9. The van der Waals surface area contributed by atoms with Crippen LogP contribution in [0.25, 0.3) is 0 Å². The summed E-state index contributed by atoms with van der Waals surface area (Å²) in [5, 5.41) is 22.8. The van der Waals surface area contributed by atoms with E-state index in [1.807, 2.05) is 31.2 Å². The van der Waals surface area contributed by atoms with Gasteiger partial charge in [-0.25, -0.2) is 5.01 Å². The van der Waals surface area contributed by atoms with E-state index in [9.17, 15) is 5.11 Å². The summed E-state index contributed by atoms with van der Waals surface area (Å²) in [7, 11) is 1.59. The molecule has 0 atom stereocenters. The van der Waals surface area contributed by atoms with Crippen LogP contribution < -0.4 is 10.3 Å². The number of benzene rings is 2. The molecule has 5 nitrogen and oxygen atoms in total. The van der Waals surface area contributed by atoms with Gasteiger partial charge in [0.05, 0.1) is 12.7 Å². The van der Waals surface area contributed by atoms with Gasteiger partial charge in [-0.05, 0) is 42.3 Å². The molecule has 6 heteroatoms. The molecule has 0 radical (unpaired) electrons. The normalized spacial score (nSPS) is 10.7. The van der Waals surface area contributed by atoms with Crippen LogP contribution in [0.2, 0.25) is 5.02 Å². The van der Waals surface area contributed by atoms with E-state index < -0.39 is 0 Å². The number of halogens is 1. The average Bonchev–Trinajstić information content (AvgIpc) is 2.53. The molecule has 23 heavy (non-hydrogen) atoms. The first kappa shape index (κ1) is 16.8. The first-order valence-electron chi connectivity index (χ1n) is 7.08. The third-order valence-electron chi connectivity index (χ3n) is 3.24. The van der Waals surface area contributed by atoms with Gasteiger partial charge in [-0.1, -0.05) is 41.6 Å². The summed E-state index contributed by atoms with van der Waals surface area (Å²) < 4.78 is 0. The number of aromatic hydroxyl groups is 1. The van der Waals surface area contributed by atoms with E-state index in [2.05, 4.69) is 22.2 Å². The second kappa shape index (κ2) is 7.65. The second-order valence-corrected chi connectivity index (χ2v) is 5.41. The van der Waals surface area contributed by atoms with Gasteiger partial charge >= 0.3 is 0 Å². The second-order valence-electron chi connectivity index (χ2n) is 5.00. The van der Waals surface area contributed by atoms with Crippen LogP contribution >= 0.6 is 11.6 Å². The predicted molar refractivity (Wildman–Crippen MR) is 93.5 cm³/mol. The molecule has 120 valence electrons. The van der Waals surface area contributed by atoms with Crippen molar-refractivity contribution in [3.05, 3.63) is 71.0 Å². The lowest BCUT2D eigenvalue weighted by Gasteiger charge is -2.21. The summed E-state index contributed by atoms with van der Waals surface area (Å²) in [5.41, 5.74) is 2.68. The fraction of sp³-hybridized carbons (Fsp3) is 0.176. The lowest BCUT2D eigenvalue weighted by Crippen LogP contribution is -2.26. The van der Waals surface area contributed by atoms with Crippen molar-refractivity contribution in [3.63, 3.8) is 0 Å². The van der Waals surface area contributed by atoms with E-state index in [-0.39, 0.29) is 5.75 Å². The van der Waals surface area contributed by atoms with Crippen LogP contribution in [-0.2, 0) is 6.54 Å². The predicted octanol–water partition coefficient (Wildman–Crippen LogP) is 4.42. The van der Waals surface area contributed by atoms with Gasteiger partial charge in [0.1, 0.15) is 11.6 Å². The van der Waals surface area contributed by atoms with Gasteiger partial charge in [0.25, 0.3) is 0 Å². The Morgan fingerprint density at radius 1 is 1.30 bits per heavy atom.